The maximum Gasteiger partial charge on any atom is 0.328 e. The Hall–Kier alpha value is -1.23. The molecule has 0 aliphatic carbocycles. The lowest BCUT2D eigenvalue weighted by molar-refractivity contribution is -0.384. The molecule has 0 bridgehead atoms. The summed E-state index contributed by atoms with van der Waals surface area (Å²) in [7, 11) is -3.49. The van der Waals surface area contributed by atoms with Crippen molar-refractivity contribution in [2.45, 2.75) is 32.6 Å². The molecule has 6 nitrogen and oxygen atoms in total. The Balaban J connectivity index is 2.36. The predicted molar refractivity (Wildman–Crippen MR) is 77.0 cm³/mol. The highest BCUT2D eigenvalue weighted by Crippen LogP contribution is 2.42. The van der Waals surface area contributed by atoms with Crippen LogP contribution >= 0.6 is 7.60 Å². The van der Waals surface area contributed by atoms with E-state index in [1.165, 1.54) is 12.1 Å². The summed E-state index contributed by atoms with van der Waals surface area (Å²) in [5, 5.41) is 10.5. The van der Waals surface area contributed by atoms with Gasteiger partial charge in [0.25, 0.3) is 5.69 Å². The number of hydrogen-bond acceptors (Lipinski definition) is 4. The minimum atomic E-state index is -3.49. The molecule has 112 valence electrons. The van der Waals surface area contributed by atoms with Gasteiger partial charge in [0.15, 0.2) is 0 Å². The fourth-order valence-corrected chi connectivity index (χ4v) is 2.85. The van der Waals surface area contributed by atoms with Crippen LogP contribution in [-0.2, 0) is 15.5 Å². The number of unbranched alkanes of at least 4 members (excludes halogenated alkanes) is 2. The molecule has 1 rings (SSSR count). The molecule has 0 heterocycles. The fourth-order valence-electron chi connectivity index (χ4n) is 1.72. The number of non-ortho nitro benzene ring substituents is 1. The first-order valence-corrected chi connectivity index (χ1v) is 8.40. The van der Waals surface area contributed by atoms with Gasteiger partial charge in [0, 0.05) is 18.3 Å². The van der Waals surface area contributed by atoms with Crippen molar-refractivity contribution in [3.05, 3.63) is 39.9 Å². The van der Waals surface area contributed by atoms with Gasteiger partial charge in [-0.2, -0.15) is 0 Å². The summed E-state index contributed by atoms with van der Waals surface area (Å²) in [6, 6.07) is 6.08. The number of rotatable bonds is 9. The number of hydrogen-bond donors (Lipinski definition) is 1. The van der Waals surface area contributed by atoms with Crippen LogP contribution in [0.3, 0.4) is 0 Å². The normalized spacial score (nSPS) is 13.9. The fraction of sp³-hybridized carbons (Fsp3) is 0.538. The van der Waals surface area contributed by atoms with E-state index < -0.39 is 12.5 Å². The van der Waals surface area contributed by atoms with Crippen LogP contribution in [0.1, 0.15) is 31.7 Å². The molecule has 0 radical (unpaired) electrons. The van der Waals surface area contributed by atoms with E-state index >= 15 is 0 Å². The maximum atomic E-state index is 11.7. The second-order valence-corrected chi connectivity index (χ2v) is 6.56. The first kappa shape index (κ1) is 16.8. The summed E-state index contributed by atoms with van der Waals surface area (Å²) >= 11 is 0. The summed E-state index contributed by atoms with van der Waals surface area (Å²) in [6.07, 6.45) is 3.22. The molecule has 1 aromatic rings. The SMILES string of the molecule is CCCCCP(=O)(O)OCCc1ccc([N+](=O)[O-])cc1. The molecule has 0 saturated carbocycles. The summed E-state index contributed by atoms with van der Waals surface area (Å²) < 4.78 is 16.7. The van der Waals surface area contributed by atoms with Crippen molar-refractivity contribution in [2.75, 3.05) is 12.8 Å². The van der Waals surface area contributed by atoms with Crippen molar-refractivity contribution in [1.82, 2.24) is 0 Å². The third-order valence-electron chi connectivity index (χ3n) is 2.88. The van der Waals surface area contributed by atoms with E-state index in [0.29, 0.717) is 12.8 Å². The molecule has 1 aromatic carbocycles. The minimum absolute atomic E-state index is 0.0297. The monoisotopic (exact) mass is 301 g/mol. The topological polar surface area (TPSA) is 89.7 Å². The Labute approximate surface area is 118 Å². The molecule has 7 heteroatoms. The van der Waals surface area contributed by atoms with E-state index in [-0.39, 0.29) is 18.5 Å². The van der Waals surface area contributed by atoms with Gasteiger partial charge in [-0.1, -0.05) is 31.9 Å². The van der Waals surface area contributed by atoms with Crippen LogP contribution in [0.25, 0.3) is 0 Å². The molecular formula is C13H20NO5P. The van der Waals surface area contributed by atoms with E-state index in [9.17, 15) is 19.6 Å². The molecular weight excluding hydrogens is 281 g/mol. The second kappa shape index (κ2) is 8.15. The van der Waals surface area contributed by atoms with Crippen molar-refractivity contribution in [3.8, 4) is 0 Å². The average molecular weight is 301 g/mol. The highest BCUT2D eigenvalue weighted by molar-refractivity contribution is 7.52. The van der Waals surface area contributed by atoms with Crippen molar-refractivity contribution >= 4 is 13.3 Å². The zero-order chi connectivity index (χ0) is 15.0. The zero-order valence-electron chi connectivity index (χ0n) is 11.5. The van der Waals surface area contributed by atoms with E-state index in [4.69, 9.17) is 4.52 Å². The van der Waals surface area contributed by atoms with Gasteiger partial charge < -0.3 is 9.42 Å². The van der Waals surface area contributed by atoms with Gasteiger partial charge in [-0.3, -0.25) is 14.7 Å². The predicted octanol–water partition coefficient (Wildman–Crippen LogP) is 3.53. The third kappa shape index (κ3) is 6.28. The molecule has 0 aliphatic rings. The Morgan fingerprint density at radius 3 is 2.50 bits per heavy atom. The van der Waals surface area contributed by atoms with Crippen LogP contribution in [0.2, 0.25) is 0 Å². The molecule has 1 atom stereocenters. The molecule has 0 fully saturated rings. The van der Waals surface area contributed by atoms with E-state index in [2.05, 4.69) is 0 Å². The van der Waals surface area contributed by atoms with Crippen molar-refractivity contribution < 1.29 is 18.9 Å². The van der Waals surface area contributed by atoms with Crippen LogP contribution in [0.5, 0.6) is 0 Å². The third-order valence-corrected chi connectivity index (χ3v) is 4.34. The van der Waals surface area contributed by atoms with Gasteiger partial charge >= 0.3 is 7.60 Å². The van der Waals surface area contributed by atoms with Crippen LogP contribution in [0.15, 0.2) is 24.3 Å². The molecule has 1 unspecified atom stereocenters. The van der Waals surface area contributed by atoms with Gasteiger partial charge in [-0.05, 0) is 18.4 Å². The van der Waals surface area contributed by atoms with Crippen LogP contribution in [-0.4, -0.2) is 22.6 Å². The maximum absolute atomic E-state index is 11.7. The number of benzene rings is 1. The van der Waals surface area contributed by atoms with Crippen LogP contribution < -0.4 is 0 Å². The molecule has 0 aliphatic heterocycles. The lowest BCUT2D eigenvalue weighted by Gasteiger charge is -2.11. The van der Waals surface area contributed by atoms with Gasteiger partial charge in [0.2, 0.25) is 0 Å². The standard InChI is InChI=1S/C13H20NO5P/c1-2-3-4-11-20(17,18)19-10-9-12-5-7-13(8-6-12)14(15)16/h5-8H,2-4,9-11H2,1H3,(H,17,18). The Morgan fingerprint density at radius 1 is 1.30 bits per heavy atom. The molecule has 1 N–H and O–H groups in total. The van der Waals surface area contributed by atoms with Crippen LogP contribution in [0, 0.1) is 10.1 Å². The molecule has 0 aromatic heterocycles. The van der Waals surface area contributed by atoms with Gasteiger partial charge in [-0.15, -0.1) is 0 Å². The largest absolute Gasteiger partial charge is 0.328 e. The van der Waals surface area contributed by atoms with E-state index in [1.807, 2.05) is 6.92 Å². The van der Waals surface area contributed by atoms with Crippen molar-refractivity contribution in [3.63, 3.8) is 0 Å². The number of nitro groups is 1. The molecule has 20 heavy (non-hydrogen) atoms. The lowest BCUT2D eigenvalue weighted by atomic mass is 10.1. The first-order chi connectivity index (χ1) is 9.44. The van der Waals surface area contributed by atoms with Crippen molar-refractivity contribution in [2.24, 2.45) is 0 Å². The second-order valence-electron chi connectivity index (χ2n) is 4.57. The molecule has 0 spiro atoms. The van der Waals surface area contributed by atoms with E-state index in [0.717, 1.165) is 18.4 Å². The highest BCUT2D eigenvalue weighted by atomic mass is 31.2. The van der Waals surface area contributed by atoms with E-state index in [1.54, 1.807) is 12.1 Å². The summed E-state index contributed by atoms with van der Waals surface area (Å²) in [6.45, 7) is 2.16. The minimum Gasteiger partial charge on any atom is -0.324 e. The smallest absolute Gasteiger partial charge is 0.324 e. The Kier molecular flexibility index (Phi) is 6.85. The Bertz CT molecular complexity index is 474. The van der Waals surface area contributed by atoms with Gasteiger partial charge in [0.1, 0.15) is 0 Å². The summed E-state index contributed by atoms with van der Waals surface area (Å²) in [5.41, 5.74) is 0.867. The Morgan fingerprint density at radius 2 is 1.95 bits per heavy atom. The number of nitrogens with zero attached hydrogens (tertiary/aromatic N) is 1. The lowest BCUT2D eigenvalue weighted by Crippen LogP contribution is -2.00. The van der Waals surface area contributed by atoms with Gasteiger partial charge in [0.05, 0.1) is 11.5 Å². The molecule has 0 saturated heterocycles. The van der Waals surface area contributed by atoms with Gasteiger partial charge in [-0.25, -0.2) is 0 Å². The average Bonchev–Trinajstić information content (AvgIpc) is 2.39. The quantitative estimate of drug-likeness (QED) is 0.326. The summed E-state index contributed by atoms with van der Waals surface area (Å²) in [4.78, 5) is 19.6. The molecule has 0 amide bonds. The zero-order valence-corrected chi connectivity index (χ0v) is 12.4. The van der Waals surface area contributed by atoms with Crippen LogP contribution in [0.4, 0.5) is 5.69 Å². The van der Waals surface area contributed by atoms with Crippen molar-refractivity contribution in [1.29, 1.82) is 0 Å². The highest BCUT2D eigenvalue weighted by Gasteiger charge is 2.18. The number of nitro benzene ring substituents is 1. The summed E-state index contributed by atoms with van der Waals surface area (Å²) in [5.74, 6) is 0. The first-order valence-electron chi connectivity index (χ1n) is 6.64.